The zero-order valence-electron chi connectivity index (χ0n) is 12.4. The fourth-order valence-corrected chi connectivity index (χ4v) is 1.56. The van der Waals surface area contributed by atoms with Crippen molar-refractivity contribution in [2.45, 2.75) is 46.8 Å². The van der Waals surface area contributed by atoms with E-state index in [1.807, 2.05) is 51.1 Å². The zero-order chi connectivity index (χ0) is 14.3. The third-order valence-corrected chi connectivity index (χ3v) is 2.94. The first-order valence-corrected chi connectivity index (χ1v) is 6.86. The molecule has 0 spiro atoms. The molecule has 1 atom stereocenters. The van der Waals surface area contributed by atoms with Gasteiger partial charge in [-0.3, -0.25) is 4.79 Å². The van der Waals surface area contributed by atoms with Gasteiger partial charge in [-0.25, -0.2) is 0 Å². The fourth-order valence-electron chi connectivity index (χ4n) is 1.56. The molecule has 1 rings (SSSR count). The first kappa shape index (κ1) is 15.7. The van der Waals surface area contributed by atoms with Gasteiger partial charge in [0, 0.05) is 5.41 Å². The zero-order valence-corrected chi connectivity index (χ0v) is 12.4. The van der Waals surface area contributed by atoms with Crippen LogP contribution in [0.3, 0.4) is 0 Å². The second kappa shape index (κ2) is 7.29. The summed E-state index contributed by atoms with van der Waals surface area (Å²) in [6.45, 7) is 8.94. The van der Waals surface area contributed by atoms with Gasteiger partial charge in [0.15, 0.2) is 0 Å². The molecule has 0 unspecified atom stereocenters. The van der Waals surface area contributed by atoms with Crippen molar-refractivity contribution in [1.29, 1.82) is 0 Å². The maximum absolute atomic E-state index is 11.9. The molecular formula is C16H25NO2. The summed E-state index contributed by atoms with van der Waals surface area (Å²) < 4.78 is 5.67. The predicted molar refractivity (Wildman–Crippen MR) is 77.8 cm³/mol. The summed E-state index contributed by atoms with van der Waals surface area (Å²) in [5.74, 6) is 0.0719. The lowest BCUT2D eigenvalue weighted by Gasteiger charge is -2.23. The predicted octanol–water partition coefficient (Wildman–Crippen LogP) is 3.14. The Morgan fingerprint density at radius 1 is 1.26 bits per heavy atom. The first-order chi connectivity index (χ1) is 8.93. The lowest BCUT2D eigenvalue weighted by Crippen LogP contribution is -2.43. The van der Waals surface area contributed by atoms with Crippen molar-refractivity contribution in [2.24, 2.45) is 5.41 Å². The van der Waals surface area contributed by atoms with E-state index >= 15 is 0 Å². The summed E-state index contributed by atoms with van der Waals surface area (Å²) in [7, 11) is 0. The maximum atomic E-state index is 11.9. The van der Waals surface area contributed by atoms with E-state index in [2.05, 4.69) is 12.2 Å². The van der Waals surface area contributed by atoms with Crippen molar-refractivity contribution < 1.29 is 9.53 Å². The normalized spacial score (nSPS) is 13.1. The highest BCUT2D eigenvalue weighted by Crippen LogP contribution is 2.13. The van der Waals surface area contributed by atoms with E-state index in [9.17, 15) is 4.79 Å². The summed E-state index contributed by atoms with van der Waals surface area (Å²) in [6.07, 6.45) is 0.872. The van der Waals surface area contributed by atoms with Crippen molar-refractivity contribution in [1.82, 2.24) is 5.32 Å². The van der Waals surface area contributed by atoms with E-state index in [1.54, 1.807) is 0 Å². The molecule has 0 fully saturated rings. The minimum Gasteiger partial charge on any atom is -0.375 e. The lowest BCUT2D eigenvalue weighted by molar-refractivity contribution is -0.129. The van der Waals surface area contributed by atoms with E-state index in [4.69, 9.17) is 4.74 Å². The van der Waals surface area contributed by atoms with Crippen LogP contribution in [-0.4, -0.2) is 18.6 Å². The lowest BCUT2D eigenvalue weighted by atomic mass is 9.95. The van der Waals surface area contributed by atoms with Gasteiger partial charge in [-0.2, -0.15) is 0 Å². The van der Waals surface area contributed by atoms with Crippen molar-refractivity contribution in [3.8, 4) is 0 Å². The molecule has 0 bridgehead atoms. The third-order valence-electron chi connectivity index (χ3n) is 2.94. The van der Waals surface area contributed by atoms with Gasteiger partial charge < -0.3 is 10.1 Å². The standard InChI is InChI=1S/C16H25NO2/c1-5-14(17-15(18)16(2,3)4)12-19-11-13-9-7-6-8-10-13/h6-10,14H,5,11-12H2,1-4H3,(H,17,18)/t14-/m1/s1. The summed E-state index contributed by atoms with van der Waals surface area (Å²) in [5.41, 5.74) is 0.798. The molecular weight excluding hydrogens is 238 g/mol. The topological polar surface area (TPSA) is 38.3 Å². The molecule has 0 aromatic heterocycles. The molecule has 3 nitrogen and oxygen atoms in total. The van der Waals surface area contributed by atoms with Crippen LogP contribution in [0, 0.1) is 5.41 Å². The maximum Gasteiger partial charge on any atom is 0.225 e. The second-order valence-corrected chi connectivity index (χ2v) is 5.83. The Labute approximate surface area is 116 Å². The Morgan fingerprint density at radius 2 is 1.89 bits per heavy atom. The van der Waals surface area contributed by atoms with E-state index in [1.165, 1.54) is 0 Å². The molecule has 0 aliphatic heterocycles. The van der Waals surface area contributed by atoms with Gasteiger partial charge >= 0.3 is 0 Å². The Kier molecular flexibility index (Phi) is 6.03. The molecule has 0 saturated heterocycles. The van der Waals surface area contributed by atoms with Gasteiger partial charge in [-0.05, 0) is 12.0 Å². The smallest absolute Gasteiger partial charge is 0.225 e. The number of nitrogens with one attached hydrogen (secondary N) is 1. The summed E-state index contributed by atoms with van der Waals surface area (Å²) in [5, 5.41) is 3.03. The first-order valence-electron chi connectivity index (χ1n) is 6.86. The monoisotopic (exact) mass is 263 g/mol. The SMILES string of the molecule is CC[C@H](COCc1ccccc1)NC(=O)C(C)(C)C. The molecule has 0 aliphatic carbocycles. The number of rotatable bonds is 6. The second-order valence-electron chi connectivity index (χ2n) is 5.83. The quantitative estimate of drug-likeness (QED) is 0.856. The summed E-state index contributed by atoms with van der Waals surface area (Å²) in [4.78, 5) is 11.9. The van der Waals surface area contributed by atoms with Crippen LogP contribution < -0.4 is 5.32 Å². The summed E-state index contributed by atoms with van der Waals surface area (Å²) >= 11 is 0. The Morgan fingerprint density at radius 3 is 2.42 bits per heavy atom. The largest absolute Gasteiger partial charge is 0.375 e. The summed E-state index contributed by atoms with van der Waals surface area (Å²) in [6, 6.07) is 10.1. The highest BCUT2D eigenvalue weighted by atomic mass is 16.5. The molecule has 19 heavy (non-hydrogen) atoms. The highest BCUT2D eigenvalue weighted by Gasteiger charge is 2.23. The van der Waals surface area contributed by atoms with E-state index in [-0.39, 0.29) is 17.4 Å². The van der Waals surface area contributed by atoms with Crippen LogP contribution in [0.15, 0.2) is 30.3 Å². The van der Waals surface area contributed by atoms with Gasteiger partial charge in [0.2, 0.25) is 5.91 Å². The van der Waals surface area contributed by atoms with Gasteiger partial charge in [-0.1, -0.05) is 58.0 Å². The van der Waals surface area contributed by atoms with Crippen LogP contribution in [0.5, 0.6) is 0 Å². The molecule has 106 valence electrons. The van der Waals surface area contributed by atoms with Crippen molar-refractivity contribution in [2.75, 3.05) is 6.61 Å². The van der Waals surface area contributed by atoms with E-state index in [0.717, 1.165) is 12.0 Å². The third kappa shape index (κ3) is 5.88. The molecule has 0 saturated carbocycles. The van der Waals surface area contributed by atoms with Crippen molar-refractivity contribution >= 4 is 5.91 Å². The molecule has 0 heterocycles. The van der Waals surface area contributed by atoms with E-state index in [0.29, 0.717) is 13.2 Å². The average Bonchev–Trinajstić information content (AvgIpc) is 2.37. The number of carbonyl (C=O) groups excluding carboxylic acids is 1. The average molecular weight is 263 g/mol. The van der Waals surface area contributed by atoms with Gasteiger partial charge in [0.1, 0.15) is 0 Å². The van der Waals surface area contributed by atoms with Crippen LogP contribution in [0.4, 0.5) is 0 Å². The van der Waals surface area contributed by atoms with Gasteiger partial charge in [-0.15, -0.1) is 0 Å². The fraction of sp³-hybridized carbons (Fsp3) is 0.562. The minimum atomic E-state index is -0.354. The van der Waals surface area contributed by atoms with E-state index < -0.39 is 0 Å². The molecule has 0 aliphatic rings. The molecule has 3 heteroatoms. The van der Waals surface area contributed by atoms with Gasteiger partial charge in [0.25, 0.3) is 0 Å². The number of hydrogen-bond acceptors (Lipinski definition) is 2. The van der Waals surface area contributed by atoms with Crippen LogP contribution in [0.25, 0.3) is 0 Å². The van der Waals surface area contributed by atoms with Gasteiger partial charge in [0.05, 0.1) is 19.3 Å². The van der Waals surface area contributed by atoms with Crippen LogP contribution >= 0.6 is 0 Å². The number of amides is 1. The number of hydrogen-bond donors (Lipinski definition) is 1. The highest BCUT2D eigenvalue weighted by molar-refractivity contribution is 5.81. The number of benzene rings is 1. The molecule has 1 aromatic carbocycles. The Balaban J connectivity index is 2.35. The molecule has 1 N–H and O–H groups in total. The molecule has 1 aromatic rings. The van der Waals surface area contributed by atoms with Crippen LogP contribution in [-0.2, 0) is 16.1 Å². The van der Waals surface area contributed by atoms with Crippen LogP contribution in [0.2, 0.25) is 0 Å². The minimum absolute atomic E-state index is 0.0719. The molecule has 0 radical (unpaired) electrons. The van der Waals surface area contributed by atoms with Crippen LogP contribution in [0.1, 0.15) is 39.7 Å². The van der Waals surface area contributed by atoms with Crippen molar-refractivity contribution in [3.63, 3.8) is 0 Å². The Bertz CT molecular complexity index is 381. The number of ether oxygens (including phenoxy) is 1. The Hall–Kier alpha value is -1.35. The van der Waals surface area contributed by atoms with Crippen molar-refractivity contribution in [3.05, 3.63) is 35.9 Å². The molecule has 1 amide bonds. The number of carbonyl (C=O) groups is 1.